The van der Waals surface area contributed by atoms with Crippen molar-refractivity contribution in [1.82, 2.24) is 20.0 Å². The Hall–Kier alpha value is -1.56. The van der Waals surface area contributed by atoms with Crippen molar-refractivity contribution < 1.29 is 0 Å². The minimum absolute atomic E-state index is 0.0239. The second-order valence-electron chi connectivity index (χ2n) is 8.79. The first kappa shape index (κ1) is 20.7. The molecule has 0 bridgehead atoms. The number of hydrogen-bond acceptors (Lipinski definition) is 3. The maximum absolute atomic E-state index is 13.0. The summed E-state index contributed by atoms with van der Waals surface area (Å²) < 4.78 is 1.77. The van der Waals surface area contributed by atoms with E-state index in [-0.39, 0.29) is 11.6 Å². The molecule has 0 amide bonds. The third kappa shape index (κ3) is 4.47. The molecule has 1 aliphatic carbocycles. The predicted molar refractivity (Wildman–Crippen MR) is 119 cm³/mol. The molecule has 1 saturated carbocycles. The van der Waals surface area contributed by atoms with Crippen LogP contribution in [0.2, 0.25) is 5.02 Å². The molecule has 29 heavy (non-hydrogen) atoms. The average Bonchev–Trinajstić information content (AvgIpc) is 3.01. The molecule has 1 atom stereocenters. The van der Waals surface area contributed by atoms with E-state index in [0.29, 0.717) is 10.9 Å². The topological polar surface area (TPSA) is 53.1 Å². The number of H-pyrrole nitrogens is 1. The predicted octanol–water partition coefficient (Wildman–Crippen LogP) is 4.02. The van der Waals surface area contributed by atoms with E-state index >= 15 is 0 Å². The minimum atomic E-state index is -0.0730. The number of aromatic nitrogens is 2. The van der Waals surface area contributed by atoms with E-state index in [1.165, 1.54) is 48.8 Å². The van der Waals surface area contributed by atoms with Gasteiger partial charge in [0.1, 0.15) is 5.02 Å². The molecular formula is C23H33ClN4O. The molecule has 2 fully saturated rings. The fourth-order valence-corrected chi connectivity index (χ4v) is 5.10. The van der Waals surface area contributed by atoms with Crippen LogP contribution in [0.1, 0.15) is 60.5 Å². The summed E-state index contributed by atoms with van der Waals surface area (Å²) in [6.45, 7) is 8.80. The van der Waals surface area contributed by atoms with Crippen molar-refractivity contribution >= 4 is 11.6 Å². The lowest BCUT2D eigenvalue weighted by molar-refractivity contribution is 0.194. The summed E-state index contributed by atoms with van der Waals surface area (Å²) in [5.74, 6) is 0.572. The van der Waals surface area contributed by atoms with E-state index in [4.69, 9.17) is 11.6 Å². The quantitative estimate of drug-likeness (QED) is 0.773. The number of aryl methyl sites for hydroxylation is 2. The van der Waals surface area contributed by atoms with Gasteiger partial charge in [-0.05, 0) is 49.3 Å². The largest absolute Gasteiger partial charge is 0.314 e. The van der Waals surface area contributed by atoms with Crippen LogP contribution in [0.15, 0.2) is 23.0 Å². The molecular weight excluding hydrogens is 384 g/mol. The summed E-state index contributed by atoms with van der Waals surface area (Å²) in [4.78, 5) is 15.4. The Labute approximate surface area is 178 Å². The first-order valence-corrected chi connectivity index (χ1v) is 11.4. The van der Waals surface area contributed by atoms with Gasteiger partial charge >= 0.3 is 0 Å². The number of benzene rings is 1. The Morgan fingerprint density at radius 1 is 1.10 bits per heavy atom. The molecule has 4 rings (SSSR count). The van der Waals surface area contributed by atoms with Crippen LogP contribution >= 0.6 is 11.6 Å². The van der Waals surface area contributed by atoms with Crippen molar-refractivity contribution in [2.75, 3.05) is 26.2 Å². The lowest BCUT2D eigenvalue weighted by Crippen LogP contribution is -2.45. The van der Waals surface area contributed by atoms with E-state index < -0.39 is 0 Å². The van der Waals surface area contributed by atoms with Gasteiger partial charge in [-0.25, -0.2) is 0 Å². The van der Waals surface area contributed by atoms with Crippen LogP contribution in [-0.4, -0.2) is 40.9 Å². The van der Waals surface area contributed by atoms with Crippen LogP contribution in [0, 0.1) is 19.8 Å². The Morgan fingerprint density at radius 3 is 2.52 bits per heavy atom. The van der Waals surface area contributed by atoms with Crippen molar-refractivity contribution in [1.29, 1.82) is 0 Å². The fraction of sp³-hybridized carbons (Fsp3) is 0.609. The molecule has 2 aromatic rings. The number of piperazine rings is 1. The Bertz CT molecular complexity index is 891. The van der Waals surface area contributed by atoms with Crippen molar-refractivity contribution in [3.63, 3.8) is 0 Å². The second-order valence-corrected chi connectivity index (χ2v) is 9.17. The van der Waals surface area contributed by atoms with Gasteiger partial charge in [-0.3, -0.25) is 19.5 Å². The van der Waals surface area contributed by atoms with Crippen molar-refractivity contribution in [3.05, 3.63) is 56.0 Å². The van der Waals surface area contributed by atoms with E-state index in [2.05, 4.69) is 47.4 Å². The number of hydrogen-bond donors (Lipinski definition) is 2. The van der Waals surface area contributed by atoms with E-state index in [1.54, 1.807) is 4.68 Å². The fourth-order valence-electron chi connectivity index (χ4n) is 4.85. The average molecular weight is 417 g/mol. The molecule has 6 heteroatoms. The van der Waals surface area contributed by atoms with Gasteiger partial charge in [0, 0.05) is 32.7 Å². The maximum atomic E-state index is 13.0. The summed E-state index contributed by atoms with van der Waals surface area (Å²) in [6.07, 6.45) is 6.27. The summed E-state index contributed by atoms with van der Waals surface area (Å²) in [6, 6.07) is 6.58. The molecule has 1 saturated heterocycles. The number of nitrogens with one attached hydrogen (secondary N) is 2. The van der Waals surface area contributed by atoms with Crippen LogP contribution in [-0.2, 0) is 6.54 Å². The summed E-state index contributed by atoms with van der Waals surface area (Å²) in [7, 11) is 0. The lowest BCUT2D eigenvalue weighted by Gasteiger charge is -2.35. The molecule has 0 radical (unpaired) electrons. The van der Waals surface area contributed by atoms with Crippen molar-refractivity contribution in [3.8, 4) is 0 Å². The van der Waals surface area contributed by atoms with Crippen LogP contribution in [0.5, 0.6) is 0 Å². The third-order valence-electron chi connectivity index (χ3n) is 6.73. The molecule has 1 aromatic carbocycles. The van der Waals surface area contributed by atoms with Crippen LogP contribution in [0.4, 0.5) is 0 Å². The zero-order valence-corrected chi connectivity index (χ0v) is 18.4. The van der Waals surface area contributed by atoms with E-state index in [1.807, 2.05) is 0 Å². The van der Waals surface area contributed by atoms with Crippen molar-refractivity contribution in [2.45, 2.75) is 58.5 Å². The SMILES string of the molecule is Cc1ccc(C(c2[nH]n(CC3CCCCC3)c(=O)c2Cl)N2CCNCC2)cc1C. The molecule has 1 aromatic heterocycles. The Kier molecular flexibility index (Phi) is 6.47. The molecule has 2 N–H and O–H groups in total. The number of rotatable bonds is 5. The Balaban J connectivity index is 1.70. The molecule has 1 unspecified atom stereocenters. The zero-order chi connectivity index (χ0) is 20.4. The summed E-state index contributed by atoms with van der Waals surface area (Å²) >= 11 is 6.66. The van der Waals surface area contributed by atoms with Gasteiger partial charge in [-0.1, -0.05) is 49.1 Å². The van der Waals surface area contributed by atoms with Gasteiger partial charge in [0.05, 0.1) is 11.7 Å². The van der Waals surface area contributed by atoms with Gasteiger partial charge in [0.2, 0.25) is 0 Å². The molecule has 5 nitrogen and oxygen atoms in total. The molecule has 158 valence electrons. The molecule has 2 aliphatic rings. The Morgan fingerprint density at radius 2 is 1.83 bits per heavy atom. The summed E-state index contributed by atoms with van der Waals surface area (Å²) in [5, 5.41) is 7.21. The maximum Gasteiger partial charge on any atom is 0.285 e. The van der Waals surface area contributed by atoms with Gasteiger partial charge in [0.15, 0.2) is 0 Å². The summed E-state index contributed by atoms with van der Waals surface area (Å²) in [5.41, 5.74) is 4.52. The highest BCUT2D eigenvalue weighted by molar-refractivity contribution is 6.31. The lowest BCUT2D eigenvalue weighted by atomic mass is 9.89. The number of nitrogens with zero attached hydrogens (tertiary/aromatic N) is 2. The minimum Gasteiger partial charge on any atom is -0.314 e. The van der Waals surface area contributed by atoms with Gasteiger partial charge in [-0.15, -0.1) is 0 Å². The van der Waals surface area contributed by atoms with Gasteiger partial charge in [-0.2, -0.15) is 0 Å². The van der Waals surface area contributed by atoms with Crippen molar-refractivity contribution in [2.24, 2.45) is 5.92 Å². The normalized spacial score (nSPS) is 20.1. The number of aromatic amines is 1. The smallest absolute Gasteiger partial charge is 0.285 e. The highest BCUT2D eigenvalue weighted by Crippen LogP contribution is 2.32. The van der Waals surface area contributed by atoms with Crippen LogP contribution in [0.25, 0.3) is 0 Å². The molecule has 2 heterocycles. The first-order chi connectivity index (χ1) is 14.0. The highest BCUT2D eigenvalue weighted by Gasteiger charge is 2.30. The molecule has 1 aliphatic heterocycles. The third-order valence-corrected chi connectivity index (χ3v) is 7.09. The van der Waals surface area contributed by atoms with Gasteiger partial charge in [0.25, 0.3) is 5.56 Å². The molecule has 0 spiro atoms. The zero-order valence-electron chi connectivity index (χ0n) is 17.6. The number of halogens is 1. The second kappa shape index (κ2) is 9.07. The van der Waals surface area contributed by atoms with E-state index in [0.717, 1.165) is 38.4 Å². The van der Waals surface area contributed by atoms with Crippen LogP contribution < -0.4 is 10.9 Å². The van der Waals surface area contributed by atoms with Crippen LogP contribution in [0.3, 0.4) is 0 Å². The van der Waals surface area contributed by atoms with Gasteiger partial charge < -0.3 is 5.32 Å². The first-order valence-electron chi connectivity index (χ1n) is 11.0. The standard InChI is InChI=1S/C23H33ClN4O/c1-16-8-9-19(14-17(16)2)22(27-12-10-25-11-13-27)21-20(24)23(29)28(26-21)15-18-6-4-3-5-7-18/h8-9,14,18,22,25-26H,3-7,10-13,15H2,1-2H3. The van der Waals surface area contributed by atoms with E-state index in [9.17, 15) is 4.79 Å². The monoisotopic (exact) mass is 416 g/mol. The highest BCUT2D eigenvalue weighted by atomic mass is 35.5.